The van der Waals surface area contributed by atoms with Crippen molar-refractivity contribution in [3.05, 3.63) is 88.6 Å². The van der Waals surface area contributed by atoms with E-state index in [0.717, 1.165) is 64.2 Å². The number of nitro groups is 1. The van der Waals surface area contributed by atoms with E-state index in [-0.39, 0.29) is 10.6 Å². The molecule has 0 N–H and O–H groups in total. The minimum Gasteiger partial charge on any atom is -0.497 e. The van der Waals surface area contributed by atoms with E-state index in [9.17, 15) is 10.1 Å². The molecule has 0 bridgehead atoms. The maximum absolute atomic E-state index is 11.3. The molecule has 1 aromatic heterocycles. The van der Waals surface area contributed by atoms with Gasteiger partial charge in [0.2, 0.25) is 0 Å². The van der Waals surface area contributed by atoms with Gasteiger partial charge in [0.05, 0.1) is 30.4 Å². The maximum Gasteiger partial charge on any atom is 0.269 e. The molecule has 0 radical (unpaired) electrons. The second kappa shape index (κ2) is 9.06. The summed E-state index contributed by atoms with van der Waals surface area (Å²) in [7, 11) is 3.33. The fourth-order valence-electron chi connectivity index (χ4n) is 4.80. The van der Waals surface area contributed by atoms with Crippen LogP contribution in [0.15, 0.2) is 72.8 Å². The highest BCUT2D eigenvalue weighted by atomic mass is 16.6. The summed E-state index contributed by atoms with van der Waals surface area (Å²) in [5, 5.41) is 12.3. The molecule has 6 nitrogen and oxygen atoms in total. The Morgan fingerprint density at radius 1 is 0.882 bits per heavy atom. The van der Waals surface area contributed by atoms with E-state index < -0.39 is 0 Å². The highest BCUT2D eigenvalue weighted by molar-refractivity contribution is 6.04. The van der Waals surface area contributed by atoms with Crippen molar-refractivity contribution in [1.29, 1.82) is 0 Å². The molecule has 0 saturated heterocycles. The summed E-state index contributed by atoms with van der Waals surface area (Å²) in [4.78, 5) is 10.9. The first kappa shape index (κ1) is 21.8. The number of rotatable bonds is 6. The zero-order valence-corrected chi connectivity index (χ0v) is 19.3. The number of fused-ring (bicyclic) bond motifs is 1. The molecular formula is C28H26N2O4. The normalized spacial score (nSPS) is 13.5. The maximum atomic E-state index is 11.3. The predicted molar refractivity (Wildman–Crippen MR) is 135 cm³/mol. The van der Waals surface area contributed by atoms with Crippen molar-refractivity contribution in [2.24, 2.45) is 0 Å². The van der Waals surface area contributed by atoms with Crippen LogP contribution < -0.4 is 9.47 Å². The molecule has 0 amide bonds. The molecule has 0 spiro atoms. The number of aromatic nitrogens is 1. The first-order valence-electron chi connectivity index (χ1n) is 11.4. The van der Waals surface area contributed by atoms with Crippen LogP contribution in [0.2, 0.25) is 0 Å². The Labute approximate surface area is 198 Å². The molecule has 4 aromatic rings. The molecule has 1 heterocycles. The van der Waals surface area contributed by atoms with Crippen molar-refractivity contribution in [1.82, 2.24) is 4.57 Å². The molecule has 5 rings (SSSR count). The van der Waals surface area contributed by atoms with Gasteiger partial charge >= 0.3 is 0 Å². The van der Waals surface area contributed by atoms with Gasteiger partial charge in [0, 0.05) is 28.8 Å². The molecule has 0 aliphatic heterocycles. The smallest absolute Gasteiger partial charge is 0.269 e. The summed E-state index contributed by atoms with van der Waals surface area (Å²) in [6.07, 6.45) is 6.70. The van der Waals surface area contributed by atoms with Crippen molar-refractivity contribution in [2.45, 2.75) is 25.7 Å². The third-order valence-electron chi connectivity index (χ3n) is 6.47. The zero-order valence-electron chi connectivity index (χ0n) is 19.3. The van der Waals surface area contributed by atoms with Crippen LogP contribution in [-0.4, -0.2) is 23.7 Å². The summed E-state index contributed by atoms with van der Waals surface area (Å²) >= 11 is 0. The fraction of sp³-hybridized carbons (Fsp3) is 0.214. The van der Waals surface area contributed by atoms with E-state index in [1.807, 2.05) is 30.3 Å². The van der Waals surface area contributed by atoms with Gasteiger partial charge in [-0.15, -0.1) is 0 Å². The van der Waals surface area contributed by atoms with Gasteiger partial charge in [-0.3, -0.25) is 10.1 Å². The Hall–Kier alpha value is -4.06. The number of nitrogens with zero attached hydrogens (tertiary/aromatic N) is 2. The van der Waals surface area contributed by atoms with Gasteiger partial charge in [0.25, 0.3) is 5.69 Å². The average molecular weight is 455 g/mol. The van der Waals surface area contributed by atoms with Gasteiger partial charge in [-0.1, -0.05) is 6.08 Å². The number of hydrogen-bond donors (Lipinski definition) is 0. The topological polar surface area (TPSA) is 66.5 Å². The summed E-state index contributed by atoms with van der Waals surface area (Å²) in [6.45, 7) is 0. The number of benzene rings is 3. The molecule has 0 atom stereocenters. The van der Waals surface area contributed by atoms with Crippen molar-refractivity contribution in [3.8, 4) is 28.3 Å². The number of hydrogen-bond acceptors (Lipinski definition) is 4. The van der Waals surface area contributed by atoms with Crippen LogP contribution in [0.25, 0.3) is 33.3 Å². The molecule has 1 aliphatic rings. The Kier molecular flexibility index (Phi) is 5.80. The third-order valence-corrected chi connectivity index (χ3v) is 6.47. The number of allylic oxidation sites excluding steroid dienone is 2. The molecule has 3 aromatic carbocycles. The molecular weight excluding hydrogens is 428 g/mol. The lowest BCUT2D eigenvalue weighted by molar-refractivity contribution is -0.384. The summed E-state index contributed by atoms with van der Waals surface area (Å²) in [5.74, 6) is 1.57. The van der Waals surface area contributed by atoms with E-state index in [2.05, 4.69) is 34.9 Å². The molecule has 1 aliphatic carbocycles. The van der Waals surface area contributed by atoms with Gasteiger partial charge < -0.3 is 14.0 Å². The van der Waals surface area contributed by atoms with Crippen molar-refractivity contribution >= 4 is 22.2 Å². The highest BCUT2D eigenvalue weighted by Gasteiger charge is 2.24. The van der Waals surface area contributed by atoms with E-state index in [1.165, 1.54) is 12.0 Å². The van der Waals surface area contributed by atoms with Crippen LogP contribution in [0, 0.1) is 10.1 Å². The van der Waals surface area contributed by atoms with Gasteiger partial charge in [0.15, 0.2) is 0 Å². The van der Waals surface area contributed by atoms with Crippen LogP contribution in [0.3, 0.4) is 0 Å². The first-order valence-corrected chi connectivity index (χ1v) is 11.4. The lowest BCUT2D eigenvalue weighted by Crippen LogP contribution is -2.03. The molecule has 34 heavy (non-hydrogen) atoms. The monoisotopic (exact) mass is 454 g/mol. The minimum absolute atomic E-state index is 0.0821. The van der Waals surface area contributed by atoms with Crippen molar-refractivity contribution in [3.63, 3.8) is 0 Å². The summed E-state index contributed by atoms with van der Waals surface area (Å²) in [6, 6.07) is 21.0. The van der Waals surface area contributed by atoms with Gasteiger partial charge in [-0.05, 0) is 91.4 Å². The molecule has 172 valence electrons. The third kappa shape index (κ3) is 3.81. The molecule has 0 unspecified atom stereocenters. The van der Waals surface area contributed by atoms with Crippen LogP contribution >= 0.6 is 0 Å². The molecule has 0 fully saturated rings. The quantitative estimate of drug-likeness (QED) is 0.229. The van der Waals surface area contributed by atoms with Gasteiger partial charge in [-0.25, -0.2) is 0 Å². The summed E-state index contributed by atoms with van der Waals surface area (Å²) in [5.41, 5.74) is 6.60. The van der Waals surface area contributed by atoms with Crippen molar-refractivity contribution in [2.75, 3.05) is 14.2 Å². The van der Waals surface area contributed by atoms with Crippen molar-refractivity contribution < 1.29 is 14.4 Å². The second-order valence-corrected chi connectivity index (χ2v) is 8.42. The van der Waals surface area contributed by atoms with Gasteiger partial charge in [0.1, 0.15) is 11.5 Å². The number of methoxy groups -OCH3 is 2. The standard InChI is InChI=1S/C28H26N2O4/c1-33-23-14-12-21(13-15-23)29-26-17-16-24(34-2)18-25(26)27(28(29)20-6-4-3-5-7-20)19-8-10-22(11-9-19)30(31)32/h6,8-18H,3-5,7H2,1-2H3. The lowest BCUT2D eigenvalue weighted by Gasteiger charge is -2.19. The Bertz CT molecular complexity index is 1380. The van der Waals surface area contributed by atoms with Crippen LogP contribution in [0.1, 0.15) is 31.4 Å². The Morgan fingerprint density at radius 2 is 1.59 bits per heavy atom. The van der Waals surface area contributed by atoms with E-state index >= 15 is 0 Å². The van der Waals surface area contributed by atoms with E-state index in [0.29, 0.717) is 0 Å². The first-order chi connectivity index (χ1) is 16.6. The molecule has 0 saturated carbocycles. The van der Waals surface area contributed by atoms with Crippen LogP contribution in [0.4, 0.5) is 5.69 Å². The highest BCUT2D eigenvalue weighted by Crippen LogP contribution is 2.44. The number of nitro benzene ring substituents is 1. The molecule has 6 heteroatoms. The zero-order chi connectivity index (χ0) is 23.7. The summed E-state index contributed by atoms with van der Waals surface area (Å²) < 4.78 is 13.2. The van der Waals surface area contributed by atoms with Crippen LogP contribution in [-0.2, 0) is 0 Å². The SMILES string of the molecule is COc1ccc(-n2c(C3=CCCCC3)c(-c3ccc([N+](=O)[O-])cc3)c3cc(OC)ccc32)cc1. The minimum atomic E-state index is -0.363. The fourth-order valence-corrected chi connectivity index (χ4v) is 4.80. The predicted octanol–water partition coefficient (Wildman–Crippen LogP) is 7.18. The van der Waals surface area contributed by atoms with Gasteiger partial charge in [-0.2, -0.15) is 0 Å². The lowest BCUT2D eigenvalue weighted by atomic mass is 9.92. The largest absolute Gasteiger partial charge is 0.497 e. The van der Waals surface area contributed by atoms with Crippen LogP contribution in [0.5, 0.6) is 11.5 Å². The van der Waals surface area contributed by atoms with E-state index in [1.54, 1.807) is 26.4 Å². The average Bonchev–Trinajstić information content (AvgIpc) is 3.23. The second-order valence-electron chi connectivity index (χ2n) is 8.42. The number of ether oxygens (including phenoxy) is 2. The number of non-ortho nitro benzene ring substituents is 1. The van der Waals surface area contributed by atoms with E-state index in [4.69, 9.17) is 9.47 Å². The Morgan fingerprint density at radius 3 is 2.21 bits per heavy atom. The Balaban J connectivity index is 1.85.